The highest BCUT2D eigenvalue weighted by atomic mass is 32.1. The van der Waals surface area contributed by atoms with Crippen LogP contribution in [-0.4, -0.2) is 53.0 Å². The Morgan fingerprint density at radius 2 is 1.92 bits per heavy atom. The van der Waals surface area contributed by atoms with Crippen LogP contribution in [0.15, 0.2) is 41.8 Å². The van der Waals surface area contributed by atoms with Crippen LogP contribution in [0.2, 0.25) is 0 Å². The SMILES string of the molecule is CCN1CCN(C(=O)c2cc3ccsc3n2Cc2cccc(C)c2)CC1. The van der Waals surface area contributed by atoms with Gasteiger partial charge >= 0.3 is 0 Å². The highest BCUT2D eigenvalue weighted by molar-refractivity contribution is 7.16. The van der Waals surface area contributed by atoms with E-state index >= 15 is 0 Å². The fraction of sp³-hybridized carbons (Fsp3) is 0.381. The third kappa shape index (κ3) is 3.29. The summed E-state index contributed by atoms with van der Waals surface area (Å²) in [6.45, 7) is 9.65. The van der Waals surface area contributed by atoms with Crippen molar-refractivity contribution in [2.24, 2.45) is 0 Å². The zero-order valence-electron chi connectivity index (χ0n) is 15.4. The van der Waals surface area contributed by atoms with Gasteiger partial charge in [-0.15, -0.1) is 11.3 Å². The molecular formula is C21H25N3OS. The maximum Gasteiger partial charge on any atom is 0.270 e. The second-order valence-electron chi connectivity index (χ2n) is 7.01. The number of hydrogen-bond donors (Lipinski definition) is 0. The van der Waals surface area contributed by atoms with E-state index in [0.29, 0.717) is 0 Å². The number of thiophene rings is 1. The maximum absolute atomic E-state index is 13.2. The van der Waals surface area contributed by atoms with E-state index in [0.717, 1.165) is 50.3 Å². The van der Waals surface area contributed by atoms with Gasteiger partial charge in [0.1, 0.15) is 10.5 Å². The summed E-state index contributed by atoms with van der Waals surface area (Å²) in [6.07, 6.45) is 0. The normalized spacial score (nSPS) is 15.7. The summed E-state index contributed by atoms with van der Waals surface area (Å²) in [5.41, 5.74) is 3.31. The lowest BCUT2D eigenvalue weighted by atomic mass is 10.1. The van der Waals surface area contributed by atoms with E-state index in [1.165, 1.54) is 16.0 Å². The molecule has 5 heteroatoms. The zero-order chi connectivity index (χ0) is 18.1. The minimum atomic E-state index is 0.164. The van der Waals surface area contributed by atoms with Crippen LogP contribution in [0.3, 0.4) is 0 Å². The number of carbonyl (C=O) groups is 1. The number of fused-ring (bicyclic) bond motifs is 1. The van der Waals surface area contributed by atoms with Gasteiger partial charge in [-0.25, -0.2) is 0 Å². The highest BCUT2D eigenvalue weighted by Gasteiger charge is 2.25. The van der Waals surface area contributed by atoms with Gasteiger partial charge in [-0.05, 0) is 36.5 Å². The van der Waals surface area contributed by atoms with Crippen LogP contribution in [0.4, 0.5) is 0 Å². The lowest BCUT2D eigenvalue weighted by Gasteiger charge is -2.34. The van der Waals surface area contributed by atoms with Crippen molar-refractivity contribution in [2.45, 2.75) is 20.4 Å². The molecule has 0 spiro atoms. The second-order valence-corrected chi connectivity index (χ2v) is 7.91. The summed E-state index contributed by atoms with van der Waals surface area (Å²) in [5, 5.41) is 3.27. The number of aryl methyl sites for hydroxylation is 1. The smallest absolute Gasteiger partial charge is 0.270 e. The minimum absolute atomic E-state index is 0.164. The molecule has 1 fully saturated rings. The van der Waals surface area contributed by atoms with Gasteiger partial charge in [-0.3, -0.25) is 4.79 Å². The Labute approximate surface area is 158 Å². The first kappa shape index (κ1) is 17.3. The van der Waals surface area contributed by atoms with E-state index in [1.54, 1.807) is 11.3 Å². The molecule has 1 saturated heterocycles. The van der Waals surface area contributed by atoms with Crippen molar-refractivity contribution in [2.75, 3.05) is 32.7 Å². The number of hydrogen-bond acceptors (Lipinski definition) is 3. The molecule has 0 atom stereocenters. The Bertz CT molecular complexity index is 918. The molecule has 2 aromatic heterocycles. The lowest BCUT2D eigenvalue weighted by Crippen LogP contribution is -2.48. The molecule has 136 valence electrons. The van der Waals surface area contributed by atoms with Crippen molar-refractivity contribution in [1.82, 2.24) is 14.4 Å². The molecule has 4 nitrogen and oxygen atoms in total. The number of carbonyl (C=O) groups excluding carboxylic acids is 1. The molecule has 1 aliphatic heterocycles. The fourth-order valence-corrected chi connectivity index (χ4v) is 4.63. The maximum atomic E-state index is 13.2. The molecule has 26 heavy (non-hydrogen) atoms. The largest absolute Gasteiger partial charge is 0.335 e. The molecule has 4 rings (SSSR count). The van der Waals surface area contributed by atoms with Crippen molar-refractivity contribution in [3.63, 3.8) is 0 Å². The molecule has 0 saturated carbocycles. The predicted molar refractivity (Wildman–Crippen MR) is 108 cm³/mol. The van der Waals surface area contributed by atoms with Gasteiger partial charge in [0.25, 0.3) is 5.91 Å². The summed E-state index contributed by atoms with van der Waals surface area (Å²) in [4.78, 5) is 18.8. The number of benzene rings is 1. The number of piperazine rings is 1. The van der Waals surface area contributed by atoms with Crippen LogP contribution < -0.4 is 0 Å². The van der Waals surface area contributed by atoms with E-state index in [4.69, 9.17) is 0 Å². The molecule has 0 unspecified atom stereocenters. The van der Waals surface area contributed by atoms with Gasteiger partial charge in [0.05, 0.1) is 0 Å². The second kappa shape index (κ2) is 7.25. The number of likely N-dealkylation sites (N-methyl/N-ethyl adjacent to an activating group) is 1. The van der Waals surface area contributed by atoms with Crippen LogP contribution in [0.1, 0.15) is 28.5 Å². The van der Waals surface area contributed by atoms with Crippen LogP contribution in [-0.2, 0) is 6.54 Å². The van der Waals surface area contributed by atoms with Gasteiger partial charge in [0.15, 0.2) is 0 Å². The van der Waals surface area contributed by atoms with Crippen molar-refractivity contribution in [1.29, 1.82) is 0 Å². The van der Waals surface area contributed by atoms with Crippen molar-refractivity contribution in [3.8, 4) is 0 Å². The van der Waals surface area contributed by atoms with Gasteiger partial charge in [0, 0.05) is 38.1 Å². The summed E-state index contributed by atoms with van der Waals surface area (Å²) in [6, 6.07) is 12.7. The van der Waals surface area contributed by atoms with Crippen LogP contribution >= 0.6 is 11.3 Å². The Balaban J connectivity index is 1.64. The Hall–Kier alpha value is -2.11. The topological polar surface area (TPSA) is 28.5 Å². The monoisotopic (exact) mass is 367 g/mol. The summed E-state index contributed by atoms with van der Waals surface area (Å²) < 4.78 is 2.20. The van der Waals surface area contributed by atoms with Gasteiger partial charge in [-0.1, -0.05) is 36.8 Å². The fourth-order valence-electron chi connectivity index (χ4n) is 3.73. The number of rotatable bonds is 4. The Morgan fingerprint density at radius 3 is 2.65 bits per heavy atom. The molecule has 1 amide bonds. The van der Waals surface area contributed by atoms with E-state index < -0.39 is 0 Å². The van der Waals surface area contributed by atoms with E-state index in [2.05, 4.69) is 65.1 Å². The molecule has 1 aromatic carbocycles. The van der Waals surface area contributed by atoms with E-state index in [1.807, 2.05) is 4.90 Å². The van der Waals surface area contributed by atoms with Crippen LogP contribution in [0.25, 0.3) is 10.2 Å². The minimum Gasteiger partial charge on any atom is -0.335 e. The standard InChI is InChI=1S/C21H25N3OS/c1-3-22-8-10-23(11-9-22)20(25)19-14-18-7-12-26-21(18)24(19)15-17-6-4-5-16(2)13-17/h4-7,12-14H,3,8-11,15H2,1-2H3. The van der Waals surface area contributed by atoms with Gasteiger partial charge in [-0.2, -0.15) is 0 Å². The van der Waals surface area contributed by atoms with E-state index in [-0.39, 0.29) is 5.91 Å². The zero-order valence-corrected chi connectivity index (χ0v) is 16.3. The Kier molecular flexibility index (Phi) is 4.83. The van der Waals surface area contributed by atoms with Crippen molar-refractivity contribution < 1.29 is 4.79 Å². The molecule has 3 aromatic rings. The molecule has 0 radical (unpaired) electrons. The van der Waals surface area contributed by atoms with Crippen molar-refractivity contribution in [3.05, 3.63) is 58.6 Å². The molecule has 1 aliphatic rings. The first-order chi connectivity index (χ1) is 12.7. The first-order valence-electron chi connectivity index (χ1n) is 9.29. The summed E-state index contributed by atoms with van der Waals surface area (Å²) in [7, 11) is 0. The molecular weight excluding hydrogens is 342 g/mol. The molecule has 0 N–H and O–H groups in total. The summed E-state index contributed by atoms with van der Waals surface area (Å²) in [5.74, 6) is 0.164. The predicted octanol–water partition coefficient (Wildman–Crippen LogP) is 3.84. The number of nitrogens with zero attached hydrogens (tertiary/aromatic N) is 3. The number of aromatic nitrogens is 1. The summed E-state index contributed by atoms with van der Waals surface area (Å²) >= 11 is 1.71. The van der Waals surface area contributed by atoms with Gasteiger partial charge in [0.2, 0.25) is 0 Å². The van der Waals surface area contributed by atoms with E-state index in [9.17, 15) is 4.79 Å². The quantitative estimate of drug-likeness (QED) is 0.701. The highest BCUT2D eigenvalue weighted by Crippen LogP contribution is 2.27. The third-order valence-corrected chi connectivity index (χ3v) is 6.20. The lowest BCUT2D eigenvalue weighted by molar-refractivity contribution is 0.0634. The molecule has 3 heterocycles. The van der Waals surface area contributed by atoms with Crippen molar-refractivity contribution >= 4 is 27.5 Å². The number of amides is 1. The van der Waals surface area contributed by atoms with Crippen LogP contribution in [0.5, 0.6) is 0 Å². The van der Waals surface area contributed by atoms with Gasteiger partial charge < -0.3 is 14.4 Å². The third-order valence-electron chi connectivity index (χ3n) is 5.25. The van der Waals surface area contributed by atoms with Crippen LogP contribution in [0, 0.1) is 6.92 Å². The molecule has 0 aliphatic carbocycles. The average Bonchev–Trinajstić information content (AvgIpc) is 3.24. The average molecular weight is 368 g/mol. The Morgan fingerprint density at radius 1 is 1.12 bits per heavy atom. The molecule has 0 bridgehead atoms. The first-order valence-corrected chi connectivity index (χ1v) is 10.2.